The molecule has 0 bridgehead atoms. The summed E-state index contributed by atoms with van der Waals surface area (Å²) in [6.45, 7) is 5.26. The van der Waals surface area contributed by atoms with Crippen LogP contribution in [0.3, 0.4) is 0 Å². The van der Waals surface area contributed by atoms with Crippen molar-refractivity contribution in [2.24, 2.45) is 0 Å². The molecule has 1 heterocycles. The van der Waals surface area contributed by atoms with Crippen molar-refractivity contribution in [2.75, 3.05) is 32.7 Å². The largest absolute Gasteiger partial charge is 0.389 e. The molecule has 1 saturated carbocycles. The highest BCUT2D eigenvalue weighted by atomic mass is 16.3. The summed E-state index contributed by atoms with van der Waals surface area (Å²) in [7, 11) is 0. The first-order valence-corrected chi connectivity index (χ1v) is 6.94. The van der Waals surface area contributed by atoms with Gasteiger partial charge in [0.15, 0.2) is 0 Å². The summed E-state index contributed by atoms with van der Waals surface area (Å²) in [6, 6.07) is 0. The van der Waals surface area contributed by atoms with E-state index >= 15 is 0 Å². The van der Waals surface area contributed by atoms with Gasteiger partial charge in [0, 0.05) is 32.7 Å². The first-order chi connectivity index (χ1) is 7.79. The molecular weight excluding hydrogens is 200 g/mol. The molecular formula is C13H26N2O. The maximum absolute atomic E-state index is 10.7. The van der Waals surface area contributed by atoms with Crippen molar-refractivity contribution in [2.45, 2.75) is 50.5 Å². The first kappa shape index (κ1) is 12.3. The molecule has 2 rings (SSSR count). The fraction of sp³-hybridized carbons (Fsp3) is 1.00. The van der Waals surface area contributed by atoms with E-state index in [1.165, 1.54) is 32.1 Å². The fourth-order valence-electron chi connectivity index (χ4n) is 3.01. The van der Waals surface area contributed by atoms with E-state index in [0.717, 1.165) is 45.6 Å². The SMILES string of the molecule is OC1(CN2CCNCC2)CCCCCCC1. The van der Waals surface area contributed by atoms with Crippen molar-refractivity contribution in [1.82, 2.24) is 10.2 Å². The summed E-state index contributed by atoms with van der Waals surface area (Å²) in [5.41, 5.74) is -0.391. The Morgan fingerprint density at radius 3 is 2.12 bits per heavy atom. The van der Waals surface area contributed by atoms with Gasteiger partial charge in [-0.15, -0.1) is 0 Å². The molecule has 0 spiro atoms. The second-order valence-corrected chi connectivity index (χ2v) is 5.52. The monoisotopic (exact) mass is 226 g/mol. The van der Waals surface area contributed by atoms with Gasteiger partial charge in [-0.2, -0.15) is 0 Å². The van der Waals surface area contributed by atoms with Crippen LogP contribution in [0, 0.1) is 0 Å². The molecule has 0 aromatic heterocycles. The predicted octanol–water partition coefficient (Wildman–Crippen LogP) is 1.37. The topological polar surface area (TPSA) is 35.5 Å². The Morgan fingerprint density at radius 1 is 0.938 bits per heavy atom. The molecule has 1 aliphatic carbocycles. The summed E-state index contributed by atoms with van der Waals surface area (Å²) in [4.78, 5) is 2.43. The number of hydrogen-bond donors (Lipinski definition) is 2. The summed E-state index contributed by atoms with van der Waals surface area (Å²) in [5.74, 6) is 0. The number of nitrogens with one attached hydrogen (secondary N) is 1. The third-order valence-corrected chi connectivity index (χ3v) is 4.01. The molecule has 16 heavy (non-hydrogen) atoms. The zero-order chi connectivity index (χ0) is 11.3. The van der Waals surface area contributed by atoms with E-state index in [4.69, 9.17) is 0 Å². The van der Waals surface area contributed by atoms with Gasteiger partial charge in [-0.05, 0) is 12.8 Å². The maximum atomic E-state index is 10.7. The summed E-state index contributed by atoms with van der Waals surface area (Å²) in [5, 5.41) is 14.0. The summed E-state index contributed by atoms with van der Waals surface area (Å²) >= 11 is 0. The average molecular weight is 226 g/mol. The molecule has 1 aliphatic heterocycles. The molecule has 1 saturated heterocycles. The quantitative estimate of drug-likeness (QED) is 0.746. The van der Waals surface area contributed by atoms with Crippen LogP contribution in [0.5, 0.6) is 0 Å². The number of hydrogen-bond acceptors (Lipinski definition) is 3. The van der Waals surface area contributed by atoms with Gasteiger partial charge >= 0.3 is 0 Å². The van der Waals surface area contributed by atoms with Gasteiger partial charge < -0.3 is 10.4 Å². The molecule has 3 heteroatoms. The zero-order valence-corrected chi connectivity index (χ0v) is 10.4. The highest BCUT2D eigenvalue weighted by Gasteiger charge is 2.29. The number of aliphatic hydroxyl groups is 1. The van der Waals surface area contributed by atoms with Crippen molar-refractivity contribution in [3.63, 3.8) is 0 Å². The summed E-state index contributed by atoms with van der Waals surface area (Å²) in [6.07, 6.45) is 8.43. The molecule has 0 unspecified atom stereocenters. The van der Waals surface area contributed by atoms with E-state index in [1.807, 2.05) is 0 Å². The van der Waals surface area contributed by atoms with Crippen molar-refractivity contribution < 1.29 is 5.11 Å². The third kappa shape index (κ3) is 3.72. The Hall–Kier alpha value is -0.120. The Morgan fingerprint density at radius 2 is 1.50 bits per heavy atom. The molecule has 0 radical (unpaired) electrons. The minimum absolute atomic E-state index is 0.391. The minimum Gasteiger partial charge on any atom is -0.389 e. The standard InChI is InChI=1S/C13H26N2O/c16-13(6-4-2-1-3-5-7-13)12-15-10-8-14-9-11-15/h14,16H,1-12H2. The van der Waals surface area contributed by atoms with Crippen LogP contribution in [0.1, 0.15) is 44.9 Å². The molecule has 2 fully saturated rings. The Labute approximate surface area is 99.2 Å². The van der Waals surface area contributed by atoms with E-state index in [9.17, 15) is 5.11 Å². The predicted molar refractivity (Wildman–Crippen MR) is 66.6 cm³/mol. The van der Waals surface area contributed by atoms with Gasteiger partial charge in [0.1, 0.15) is 0 Å². The van der Waals surface area contributed by atoms with Crippen molar-refractivity contribution in [1.29, 1.82) is 0 Å². The van der Waals surface area contributed by atoms with Gasteiger partial charge in [-0.25, -0.2) is 0 Å². The average Bonchev–Trinajstić information content (AvgIpc) is 2.26. The zero-order valence-electron chi connectivity index (χ0n) is 10.4. The van der Waals surface area contributed by atoms with E-state index < -0.39 is 5.60 Å². The minimum atomic E-state index is -0.391. The molecule has 0 aromatic carbocycles. The molecule has 0 amide bonds. The van der Waals surface area contributed by atoms with E-state index in [1.54, 1.807) is 0 Å². The smallest absolute Gasteiger partial charge is 0.0774 e. The third-order valence-electron chi connectivity index (χ3n) is 4.01. The summed E-state index contributed by atoms with van der Waals surface area (Å²) < 4.78 is 0. The van der Waals surface area contributed by atoms with Crippen LogP contribution in [0.25, 0.3) is 0 Å². The molecule has 2 aliphatic rings. The fourth-order valence-corrected chi connectivity index (χ4v) is 3.01. The number of rotatable bonds is 2. The normalized spacial score (nSPS) is 28.3. The van der Waals surface area contributed by atoms with Gasteiger partial charge in [0.25, 0.3) is 0 Å². The van der Waals surface area contributed by atoms with E-state index in [0.29, 0.717) is 0 Å². The number of nitrogens with zero attached hydrogens (tertiary/aromatic N) is 1. The van der Waals surface area contributed by atoms with Crippen molar-refractivity contribution in [3.05, 3.63) is 0 Å². The van der Waals surface area contributed by atoms with Gasteiger partial charge in [0.05, 0.1) is 5.60 Å². The highest BCUT2D eigenvalue weighted by Crippen LogP contribution is 2.27. The molecule has 94 valence electrons. The Balaban J connectivity index is 1.83. The highest BCUT2D eigenvalue weighted by molar-refractivity contribution is 4.85. The van der Waals surface area contributed by atoms with Gasteiger partial charge in [0.2, 0.25) is 0 Å². The Bertz CT molecular complexity index is 194. The maximum Gasteiger partial charge on any atom is 0.0774 e. The molecule has 0 aromatic rings. The van der Waals surface area contributed by atoms with Crippen LogP contribution in [-0.4, -0.2) is 48.3 Å². The number of piperazine rings is 1. The van der Waals surface area contributed by atoms with Gasteiger partial charge in [-0.1, -0.05) is 32.1 Å². The lowest BCUT2D eigenvalue weighted by Gasteiger charge is -2.37. The van der Waals surface area contributed by atoms with Gasteiger partial charge in [-0.3, -0.25) is 4.90 Å². The second-order valence-electron chi connectivity index (χ2n) is 5.52. The second kappa shape index (κ2) is 5.99. The molecule has 2 N–H and O–H groups in total. The molecule has 0 atom stereocenters. The van der Waals surface area contributed by atoms with Crippen LogP contribution >= 0.6 is 0 Å². The van der Waals surface area contributed by atoms with Crippen LogP contribution < -0.4 is 5.32 Å². The molecule has 3 nitrogen and oxygen atoms in total. The lowest BCUT2D eigenvalue weighted by atomic mass is 9.86. The van der Waals surface area contributed by atoms with Crippen LogP contribution in [0.2, 0.25) is 0 Å². The Kier molecular flexibility index (Phi) is 4.62. The van der Waals surface area contributed by atoms with Crippen LogP contribution in [0.4, 0.5) is 0 Å². The van der Waals surface area contributed by atoms with Crippen molar-refractivity contribution in [3.8, 4) is 0 Å². The van der Waals surface area contributed by atoms with E-state index in [2.05, 4.69) is 10.2 Å². The van der Waals surface area contributed by atoms with Crippen LogP contribution in [-0.2, 0) is 0 Å². The number of β-amino-alcohol motifs (C(OH)–C–C–N with tert-alkyl or cyclic N) is 1. The van der Waals surface area contributed by atoms with Crippen LogP contribution in [0.15, 0.2) is 0 Å². The van der Waals surface area contributed by atoms with E-state index in [-0.39, 0.29) is 0 Å². The lowest BCUT2D eigenvalue weighted by molar-refractivity contribution is -0.0201. The van der Waals surface area contributed by atoms with Crippen molar-refractivity contribution >= 4 is 0 Å². The first-order valence-electron chi connectivity index (χ1n) is 6.94. The lowest BCUT2D eigenvalue weighted by Crippen LogP contribution is -2.50.